The lowest BCUT2D eigenvalue weighted by molar-refractivity contribution is 0.514. The maximum Gasteiger partial charge on any atom is 0.134 e. The van der Waals surface area contributed by atoms with E-state index in [1.807, 2.05) is 0 Å². The molecule has 0 aliphatic heterocycles. The number of rotatable bonds is 6. The number of hydrogen-bond acceptors (Lipinski definition) is 2. The van der Waals surface area contributed by atoms with Crippen molar-refractivity contribution in [3.63, 3.8) is 0 Å². The zero-order valence-electron chi connectivity index (χ0n) is 11.7. The molecule has 18 heavy (non-hydrogen) atoms. The molecular formula is C16H23NO. The van der Waals surface area contributed by atoms with Crippen LogP contribution in [0.1, 0.15) is 44.1 Å². The molecule has 0 fully saturated rings. The van der Waals surface area contributed by atoms with Crippen LogP contribution in [0.4, 0.5) is 0 Å². The number of aryl methyl sites for hydroxylation is 2. The SMILES string of the molecule is CCCc1ccc2oc(CNCC)c(CC)c2c1. The van der Waals surface area contributed by atoms with Gasteiger partial charge >= 0.3 is 0 Å². The van der Waals surface area contributed by atoms with Gasteiger partial charge in [0.25, 0.3) is 0 Å². The Hall–Kier alpha value is -1.28. The minimum Gasteiger partial charge on any atom is -0.459 e. The van der Waals surface area contributed by atoms with E-state index in [9.17, 15) is 0 Å². The highest BCUT2D eigenvalue weighted by Gasteiger charge is 2.12. The van der Waals surface area contributed by atoms with Crippen molar-refractivity contribution < 1.29 is 4.42 Å². The summed E-state index contributed by atoms with van der Waals surface area (Å²) in [5.74, 6) is 1.10. The van der Waals surface area contributed by atoms with Crippen LogP contribution in [0.15, 0.2) is 22.6 Å². The quantitative estimate of drug-likeness (QED) is 0.830. The average molecular weight is 245 g/mol. The third-order valence-electron chi connectivity index (χ3n) is 3.37. The summed E-state index contributed by atoms with van der Waals surface area (Å²) < 4.78 is 5.96. The van der Waals surface area contributed by atoms with Gasteiger partial charge in [0, 0.05) is 10.9 Å². The zero-order valence-corrected chi connectivity index (χ0v) is 11.7. The molecule has 0 bridgehead atoms. The largest absolute Gasteiger partial charge is 0.459 e. The highest BCUT2D eigenvalue weighted by atomic mass is 16.3. The van der Waals surface area contributed by atoms with Gasteiger partial charge in [0.1, 0.15) is 11.3 Å². The summed E-state index contributed by atoms with van der Waals surface area (Å²) >= 11 is 0. The molecule has 0 radical (unpaired) electrons. The monoisotopic (exact) mass is 245 g/mol. The van der Waals surface area contributed by atoms with Crippen LogP contribution in [0, 0.1) is 0 Å². The van der Waals surface area contributed by atoms with Crippen molar-refractivity contribution in [1.82, 2.24) is 5.32 Å². The number of hydrogen-bond donors (Lipinski definition) is 1. The number of furan rings is 1. The number of fused-ring (bicyclic) bond motifs is 1. The smallest absolute Gasteiger partial charge is 0.134 e. The molecule has 0 saturated heterocycles. The van der Waals surface area contributed by atoms with Crippen molar-refractivity contribution in [2.75, 3.05) is 6.54 Å². The van der Waals surface area contributed by atoms with Gasteiger partial charge in [-0.1, -0.05) is 33.3 Å². The number of nitrogens with one attached hydrogen (secondary N) is 1. The fourth-order valence-corrected chi connectivity index (χ4v) is 2.46. The van der Waals surface area contributed by atoms with E-state index in [1.54, 1.807) is 0 Å². The van der Waals surface area contributed by atoms with E-state index >= 15 is 0 Å². The maximum atomic E-state index is 5.96. The van der Waals surface area contributed by atoms with E-state index < -0.39 is 0 Å². The summed E-state index contributed by atoms with van der Waals surface area (Å²) in [6, 6.07) is 6.61. The Kier molecular flexibility index (Phi) is 4.43. The summed E-state index contributed by atoms with van der Waals surface area (Å²) in [6.45, 7) is 8.34. The van der Waals surface area contributed by atoms with Gasteiger partial charge in [-0.25, -0.2) is 0 Å². The first-order valence-electron chi connectivity index (χ1n) is 7.04. The van der Waals surface area contributed by atoms with Crippen LogP contribution in [0.2, 0.25) is 0 Å². The van der Waals surface area contributed by atoms with E-state index in [4.69, 9.17) is 4.42 Å². The summed E-state index contributed by atoms with van der Waals surface area (Å²) in [5, 5.41) is 4.65. The Balaban J connectivity index is 2.41. The minimum absolute atomic E-state index is 0.831. The predicted molar refractivity (Wildman–Crippen MR) is 77.0 cm³/mol. The van der Waals surface area contributed by atoms with Crippen LogP contribution in [0.5, 0.6) is 0 Å². The van der Waals surface area contributed by atoms with Crippen LogP contribution >= 0.6 is 0 Å². The molecule has 0 unspecified atom stereocenters. The zero-order chi connectivity index (χ0) is 13.0. The molecule has 2 rings (SSSR count). The lowest BCUT2D eigenvalue weighted by Gasteiger charge is -2.01. The molecule has 1 aromatic carbocycles. The van der Waals surface area contributed by atoms with Gasteiger partial charge in [0.05, 0.1) is 6.54 Å². The summed E-state index contributed by atoms with van der Waals surface area (Å²) in [6.07, 6.45) is 3.37. The lowest BCUT2D eigenvalue weighted by Crippen LogP contribution is -2.12. The fourth-order valence-electron chi connectivity index (χ4n) is 2.46. The Morgan fingerprint density at radius 2 is 2.00 bits per heavy atom. The van der Waals surface area contributed by atoms with E-state index in [0.29, 0.717) is 0 Å². The second kappa shape index (κ2) is 6.05. The molecule has 2 heteroatoms. The summed E-state index contributed by atoms with van der Waals surface area (Å²) in [7, 11) is 0. The molecule has 0 aliphatic carbocycles. The topological polar surface area (TPSA) is 25.2 Å². The van der Waals surface area contributed by atoms with Crippen LogP contribution in [0.25, 0.3) is 11.0 Å². The van der Waals surface area contributed by atoms with Gasteiger partial charge in [-0.05, 0) is 37.1 Å². The van der Waals surface area contributed by atoms with Crippen molar-refractivity contribution in [2.45, 2.75) is 46.6 Å². The van der Waals surface area contributed by atoms with Crippen LogP contribution in [-0.2, 0) is 19.4 Å². The molecule has 1 aromatic heterocycles. The van der Waals surface area contributed by atoms with Crippen LogP contribution in [0.3, 0.4) is 0 Å². The Bertz CT molecular complexity index is 513. The van der Waals surface area contributed by atoms with E-state index in [2.05, 4.69) is 44.3 Å². The summed E-state index contributed by atoms with van der Waals surface area (Å²) in [5.41, 5.74) is 3.80. The third kappa shape index (κ3) is 2.59. The van der Waals surface area contributed by atoms with E-state index in [-0.39, 0.29) is 0 Å². The maximum absolute atomic E-state index is 5.96. The molecule has 0 atom stereocenters. The van der Waals surface area contributed by atoms with E-state index in [0.717, 1.165) is 37.3 Å². The van der Waals surface area contributed by atoms with Gasteiger partial charge in [-0.15, -0.1) is 0 Å². The molecular weight excluding hydrogens is 222 g/mol. The second-order valence-corrected chi connectivity index (χ2v) is 4.72. The van der Waals surface area contributed by atoms with Gasteiger partial charge in [0.2, 0.25) is 0 Å². The Morgan fingerprint density at radius 3 is 2.67 bits per heavy atom. The molecule has 1 heterocycles. The van der Waals surface area contributed by atoms with Crippen LogP contribution < -0.4 is 5.32 Å². The average Bonchev–Trinajstić information content (AvgIpc) is 2.73. The summed E-state index contributed by atoms with van der Waals surface area (Å²) in [4.78, 5) is 0. The third-order valence-corrected chi connectivity index (χ3v) is 3.37. The van der Waals surface area contributed by atoms with Gasteiger partial charge in [-0.3, -0.25) is 0 Å². The lowest BCUT2D eigenvalue weighted by atomic mass is 10.0. The number of benzene rings is 1. The molecule has 2 aromatic rings. The minimum atomic E-state index is 0.831. The van der Waals surface area contributed by atoms with Gasteiger partial charge < -0.3 is 9.73 Å². The van der Waals surface area contributed by atoms with Crippen molar-refractivity contribution in [2.24, 2.45) is 0 Å². The molecule has 0 aliphatic rings. The first-order valence-corrected chi connectivity index (χ1v) is 7.04. The molecule has 2 nitrogen and oxygen atoms in total. The highest BCUT2D eigenvalue weighted by Crippen LogP contribution is 2.27. The standard InChI is InChI=1S/C16H23NO/c1-4-7-12-8-9-15-14(10-12)13(5-2)16(18-15)11-17-6-3/h8-10,17H,4-7,11H2,1-3H3. The molecule has 0 spiro atoms. The first kappa shape index (κ1) is 13.2. The predicted octanol–water partition coefficient (Wildman–Crippen LogP) is 4.06. The Morgan fingerprint density at radius 1 is 1.17 bits per heavy atom. The molecule has 0 saturated carbocycles. The van der Waals surface area contributed by atoms with Gasteiger partial charge in [0.15, 0.2) is 0 Å². The van der Waals surface area contributed by atoms with E-state index in [1.165, 1.54) is 22.9 Å². The molecule has 98 valence electrons. The first-order chi connectivity index (χ1) is 8.80. The van der Waals surface area contributed by atoms with Crippen molar-refractivity contribution in [3.05, 3.63) is 35.1 Å². The van der Waals surface area contributed by atoms with Crippen molar-refractivity contribution >= 4 is 11.0 Å². The fraction of sp³-hybridized carbons (Fsp3) is 0.500. The second-order valence-electron chi connectivity index (χ2n) is 4.72. The normalized spacial score (nSPS) is 11.3. The molecule has 0 amide bonds. The highest BCUT2D eigenvalue weighted by molar-refractivity contribution is 5.83. The molecule has 1 N–H and O–H groups in total. The van der Waals surface area contributed by atoms with Crippen molar-refractivity contribution in [1.29, 1.82) is 0 Å². The van der Waals surface area contributed by atoms with Crippen molar-refractivity contribution in [3.8, 4) is 0 Å². The Labute approximate surface area is 109 Å². The van der Waals surface area contributed by atoms with Gasteiger partial charge in [-0.2, -0.15) is 0 Å². The van der Waals surface area contributed by atoms with Crippen LogP contribution in [-0.4, -0.2) is 6.54 Å².